The maximum absolute atomic E-state index is 12.1. The van der Waals surface area contributed by atoms with Crippen LogP contribution in [0.25, 0.3) is 0 Å². The fraction of sp³-hybridized carbons (Fsp3) is 0.562. The van der Waals surface area contributed by atoms with Gasteiger partial charge in [0.05, 0.1) is 0 Å². The lowest BCUT2D eigenvalue weighted by Crippen LogP contribution is -2.21. The van der Waals surface area contributed by atoms with Crippen LogP contribution in [0.2, 0.25) is 0 Å². The normalized spacial score (nSPS) is 16.4. The smallest absolute Gasteiger partial charge is 0.227 e. The number of phenolic OH excluding ortho intramolecular Hbond substituents is 2. The Kier molecular flexibility index (Phi) is 3.93. The molecule has 3 N–H and O–H groups in total. The van der Waals surface area contributed by atoms with Crippen LogP contribution in [0.15, 0.2) is 12.1 Å². The quantitative estimate of drug-likeness (QED) is 0.724. The van der Waals surface area contributed by atoms with E-state index in [0.29, 0.717) is 5.56 Å². The van der Waals surface area contributed by atoms with Gasteiger partial charge in [0.15, 0.2) is 0 Å². The number of hydrogen-bond donors (Lipinski definition) is 3. The van der Waals surface area contributed by atoms with Gasteiger partial charge < -0.3 is 15.5 Å². The summed E-state index contributed by atoms with van der Waals surface area (Å²) in [5.41, 5.74) is 0.580. The maximum Gasteiger partial charge on any atom is 0.227 e. The van der Waals surface area contributed by atoms with Crippen LogP contribution in [0.3, 0.4) is 0 Å². The minimum absolute atomic E-state index is 0.00732. The molecule has 0 heterocycles. The van der Waals surface area contributed by atoms with Gasteiger partial charge in [0.1, 0.15) is 17.2 Å². The predicted octanol–water partition coefficient (Wildman–Crippen LogP) is 3.52. The second-order valence-corrected chi connectivity index (χ2v) is 6.58. The number of aromatic hydroxyl groups is 2. The Morgan fingerprint density at radius 3 is 2.35 bits per heavy atom. The van der Waals surface area contributed by atoms with Crippen molar-refractivity contribution >= 4 is 11.6 Å². The molecule has 0 radical (unpaired) electrons. The van der Waals surface area contributed by atoms with Gasteiger partial charge in [-0.3, -0.25) is 4.79 Å². The lowest BCUT2D eigenvalue weighted by Gasteiger charge is -2.23. The second-order valence-electron chi connectivity index (χ2n) is 6.58. The van der Waals surface area contributed by atoms with E-state index < -0.39 is 0 Å². The predicted molar refractivity (Wildman–Crippen MR) is 79.1 cm³/mol. The molecule has 0 bridgehead atoms. The summed E-state index contributed by atoms with van der Waals surface area (Å²) in [5.74, 6) is -0.253. The Bertz CT molecular complexity index is 511. The number of phenols is 2. The van der Waals surface area contributed by atoms with Gasteiger partial charge in [0.25, 0.3) is 0 Å². The number of amides is 1. The summed E-state index contributed by atoms with van der Waals surface area (Å²) in [7, 11) is 0. The topological polar surface area (TPSA) is 69.6 Å². The Balaban J connectivity index is 2.29. The van der Waals surface area contributed by atoms with Crippen molar-refractivity contribution in [2.75, 3.05) is 5.32 Å². The molecule has 1 saturated carbocycles. The number of benzene rings is 1. The third-order valence-corrected chi connectivity index (χ3v) is 3.94. The fourth-order valence-electron chi connectivity index (χ4n) is 2.72. The van der Waals surface area contributed by atoms with E-state index in [-0.39, 0.29) is 34.4 Å². The lowest BCUT2D eigenvalue weighted by molar-refractivity contribution is -0.119. The van der Waals surface area contributed by atoms with E-state index in [1.54, 1.807) is 6.07 Å². The Labute approximate surface area is 119 Å². The molecule has 1 amide bonds. The molecule has 1 aromatic rings. The molecule has 0 atom stereocenters. The molecule has 0 saturated heterocycles. The molecule has 1 aromatic carbocycles. The van der Waals surface area contributed by atoms with Crippen LogP contribution in [-0.2, 0) is 10.2 Å². The van der Waals surface area contributed by atoms with E-state index in [2.05, 4.69) is 5.32 Å². The molecular formula is C16H23NO3. The highest BCUT2D eigenvalue weighted by atomic mass is 16.3. The average Bonchev–Trinajstić information content (AvgIpc) is 2.86. The minimum atomic E-state index is -0.259. The average molecular weight is 277 g/mol. The van der Waals surface area contributed by atoms with Crippen LogP contribution in [0.1, 0.15) is 52.0 Å². The summed E-state index contributed by atoms with van der Waals surface area (Å²) >= 11 is 0. The molecule has 0 aliphatic heterocycles. The molecule has 2 rings (SSSR count). The van der Waals surface area contributed by atoms with Crippen LogP contribution in [0.5, 0.6) is 11.5 Å². The first-order valence-electron chi connectivity index (χ1n) is 7.17. The first kappa shape index (κ1) is 14.7. The third kappa shape index (κ3) is 2.89. The Morgan fingerprint density at radius 2 is 1.80 bits per heavy atom. The highest BCUT2D eigenvalue weighted by molar-refractivity contribution is 5.96. The summed E-state index contributed by atoms with van der Waals surface area (Å²) in [6.45, 7) is 5.92. The number of anilines is 1. The molecule has 0 unspecified atom stereocenters. The van der Waals surface area contributed by atoms with E-state index in [1.807, 2.05) is 20.8 Å². The number of hydrogen-bond acceptors (Lipinski definition) is 3. The maximum atomic E-state index is 12.1. The van der Waals surface area contributed by atoms with Crippen molar-refractivity contribution < 1.29 is 15.0 Å². The SMILES string of the molecule is CC(C)(C)c1ccc(O)c(NC(=O)C2CCCC2)c1O. The minimum Gasteiger partial charge on any atom is -0.506 e. The van der Waals surface area contributed by atoms with Crippen molar-refractivity contribution in [1.29, 1.82) is 0 Å². The third-order valence-electron chi connectivity index (χ3n) is 3.94. The van der Waals surface area contributed by atoms with Gasteiger partial charge in [-0.25, -0.2) is 0 Å². The molecule has 1 aliphatic carbocycles. The zero-order valence-electron chi connectivity index (χ0n) is 12.4. The number of rotatable bonds is 2. The van der Waals surface area contributed by atoms with Gasteiger partial charge in [0, 0.05) is 11.5 Å². The molecule has 4 nitrogen and oxygen atoms in total. The zero-order valence-corrected chi connectivity index (χ0v) is 12.4. The van der Waals surface area contributed by atoms with Crippen molar-refractivity contribution in [3.8, 4) is 11.5 Å². The van der Waals surface area contributed by atoms with E-state index in [4.69, 9.17) is 0 Å². The van der Waals surface area contributed by atoms with E-state index in [0.717, 1.165) is 25.7 Å². The van der Waals surface area contributed by atoms with Crippen molar-refractivity contribution in [3.63, 3.8) is 0 Å². The Hall–Kier alpha value is -1.71. The van der Waals surface area contributed by atoms with Gasteiger partial charge in [0.2, 0.25) is 5.91 Å². The van der Waals surface area contributed by atoms with E-state index >= 15 is 0 Å². The van der Waals surface area contributed by atoms with Crippen molar-refractivity contribution in [2.45, 2.75) is 51.9 Å². The molecule has 4 heteroatoms. The monoisotopic (exact) mass is 277 g/mol. The van der Waals surface area contributed by atoms with Gasteiger partial charge in [-0.2, -0.15) is 0 Å². The van der Waals surface area contributed by atoms with E-state index in [9.17, 15) is 15.0 Å². The number of carbonyl (C=O) groups excluding carboxylic acids is 1. The van der Waals surface area contributed by atoms with Gasteiger partial charge in [-0.1, -0.05) is 39.7 Å². The van der Waals surface area contributed by atoms with Gasteiger partial charge in [-0.15, -0.1) is 0 Å². The van der Waals surface area contributed by atoms with Gasteiger partial charge >= 0.3 is 0 Å². The zero-order chi connectivity index (χ0) is 14.9. The van der Waals surface area contributed by atoms with Crippen LogP contribution in [-0.4, -0.2) is 16.1 Å². The summed E-state index contributed by atoms with van der Waals surface area (Å²) in [5, 5.41) is 22.9. The van der Waals surface area contributed by atoms with Crippen molar-refractivity contribution in [1.82, 2.24) is 0 Å². The number of carbonyl (C=O) groups is 1. The molecule has 1 aliphatic rings. The first-order chi connectivity index (χ1) is 9.30. The van der Waals surface area contributed by atoms with Crippen molar-refractivity contribution in [3.05, 3.63) is 17.7 Å². The number of nitrogens with one attached hydrogen (secondary N) is 1. The molecule has 1 fully saturated rings. The van der Waals surface area contributed by atoms with E-state index in [1.165, 1.54) is 6.07 Å². The van der Waals surface area contributed by atoms with Crippen LogP contribution in [0.4, 0.5) is 5.69 Å². The molecular weight excluding hydrogens is 254 g/mol. The first-order valence-corrected chi connectivity index (χ1v) is 7.17. The Morgan fingerprint density at radius 1 is 1.20 bits per heavy atom. The summed E-state index contributed by atoms with van der Waals surface area (Å²) < 4.78 is 0. The lowest BCUT2D eigenvalue weighted by atomic mass is 9.86. The summed E-state index contributed by atoms with van der Waals surface area (Å²) in [6, 6.07) is 3.21. The largest absolute Gasteiger partial charge is 0.506 e. The standard InChI is InChI=1S/C16H23NO3/c1-16(2,3)11-8-9-12(18)13(14(11)19)17-15(20)10-6-4-5-7-10/h8-10,18-19H,4-7H2,1-3H3,(H,17,20). The highest BCUT2D eigenvalue weighted by Gasteiger charge is 2.26. The second kappa shape index (κ2) is 5.35. The molecule has 20 heavy (non-hydrogen) atoms. The fourth-order valence-corrected chi connectivity index (χ4v) is 2.72. The van der Waals surface area contributed by atoms with Crippen molar-refractivity contribution in [2.24, 2.45) is 5.92 Å². The highest BCUT2D eigenvalue weighted by Crippen LogP contribution is 2.41. The molecule has 0 spiro atoms. The summed E-state index contributed by atoms with van der Waals surface area (Å²) in [4.78, 5) is 12.1. The molecule has 0 aromatic heterocycles. The van der Waals surface area contributed by atoms with Crippen LogP contribution in [0, 0.1) is 5.92 Å². The van der Waals surface area contributed by atoms with Crippen LogP contribution >= 0.6 is 0 Å². The molecule has 110 valence electrons. The van der Waals surface area contributed by atoms with Gasteiger partial charge in [-0.05, 0) is 24.3 Å². The van der Waals surface area contributed by atoms with Crippen LogP contribution < -0.4 is 5.32 Å². The summed E-state index contributed by atoms with van der Waals surface area (Å²) in [6.07, 6.45) is 3.90.